The van der Waals surface area contributed by atoms with Crippen LogP contribution >= 0.6 is 27.3 Å². The molecule has 0 saturated heterocycles. The number of aromatic nitrogens is 2. The van der Waals surface area contributed by atoms with Crippen LogP contribution in [0, 0.1) is 0 Å². The average molecular weight is 286 g/mol. The molecule has 0 aliphatic heterocycles. The lowest BCUT2D eigenvalue weighted by Crippen LogP contribution is -2.12. The number of rotatable bonds is 3. The highest BCUT2D eigenvalue weighted by Crippen LogP contribution is 2.29. The third kappa shape index (κ3) is 2.48. The van der Waals surface area contributed by atoms with Crippen LogP contribution in [0.3, 0.4) is 0 Å². The number of aryl methyl sites for hydroxylation is 1. The molecule has 80 valence electrons. The van der Waals surface area contributed by atoms with Crippen LogP contribution in [0.1, 0.15) is 16.6 Å². The van der Waals surface area contributed by atoms with Gasteiger partial charge in [-0.05, 0) is 33.4 Å². The van der Waals surface area contributed by atoms with E-state index in [1.54, 1.807) is 16.0 Å². The second-order valence-corrected chi connectivity index (χ2v) is 5.23. The molecule has 0 aromatic carbocycles. The number of thiophene rings is 1. The molecule has 0 amide bonds. The lowest BCUT2D eigenvalue weighted by atomic mass is 10.1. The molecule has 1 unspecified atom stereocenters. The monoisotopic (exact) mass is 285 g/mol. The predicted molar refractivity (Wildman–Crippen MR) is 65.9 cm³/mol. The Bertz CT molecular complexity index is 449. The van der Waals surface area contributed by atoms with E-state index in [0.29, 0.717) is 0 Å². The molecule has 15 heavy (non-hydrogen) atoms. The molecule has 2 rings (SSSR count). The molecular formula is C10H12BrN3S. The van der Waals surface area contributed by atoms with Crippen LogP contribution in [-0.4, -0.2) is 9.78 Å². The second kappa shape index (κ2) is 4.47. The van der Waals surface area contributed by atoms with Crippen LogP contribution in [-0.2, 0) is 13.5 Å². The highest BCUT2D eigenvalue weighted by Gasteiger charge is 2.13. The molecule has 0 aliphatic rings. The minimum absolute atomic E-state index is 0.0225. The van der Waals surface area contributed by atoms with Gasteiger partial charge in [-0.25, -0.2) is 0 Å². The van der Waals surface area contributed by atoms with Crippen LogP contribution in [0.4, 0.5) is 0 Å². The lowest BCUT2D eigenvalue weighted by Gasteiger charge is -2.08. The molecule has 0 aliphatic carbocycles. The van der Waals surface area contributed by atoms with Gasteiger partial charge in [-0.3, -0.25) is 4.68 Å². The molecule has 0 saturated carbocycles. The minimum Gasteiger partial charge on any atom is -0.323 e. The number of nitrogens with zero attached hydrogens (tertiary/aromatic N) is 2. The Labute approximate surface area is 101 Å². The number of hydrogen-bond donors (Lipinski definition) is 1. The first-order valence-corrected chi connectivity index (χ1v) is 6.31. The largest absolute Gasteiger partial charge is 0.323 e. The maximum absolute atomic E-state index is 6.11. The van der Waals surface area contributed by atoms with Gasteiger partial charge in [0.1, 0.15) is 0 Å². The van der Waals surface area contributed by atoms with Crippen molar-refractivity contribution in [2.45, 2.75) is 12.5 Å². The van der Waals surface area contributed by atoms with E-state index in [1.807, 2.05) is 30.8 Å². The lowest BCUT2D eigenvalue weighted by molar-refractivity contribution is 0.681. The molecule has 2 heterocycles. The summed E-state index contributed by atoms with van der Waals surface area (Å²) < 4.78 is 2.89. The smallest absolute Gasteiger partial charge is 0.0643 e. The van der Waals surface area contributed by atoms with Gasteiger partial charge in [-0.2, -0.15) is 5.10 Å². The van der Waals surface area contributed by atoms with Gasteiger partial charge < -0.3 is 5.73 Å². The maximum atomic E-state index is 6.11. The number of nitrogens with two attached hydrogens (primary N) is 1. The molecule has 5 heteroatoms. The fraction of sp³-hybridized carbons (Fsp3) is 0.300. The Balaban J connectivity index is 2.10. The molecule has 2 N–H and O–H groups in total. The Morgan fingerprint density at radius 3 is 2.93 bits per heavy atom. The fourth-order valence-corrected chi connectivity index (χ4v) is 3.13. The van der Waals surface area contributed by atoms with E-state index >= 15 is 0 Å². The zero-order valence-corrected chi connectivity index (χ0v) is 10.8. The van der Waals surface area contributed by atoms with Gasteiger partial charge in [0.05, 0.1) is 5.69 Å². The van der Waals surface area contributed by atoms with Gasteiger partial charge in [0.15, 0.2) is 0 Å². The van der Waals surface area contributed by atoms with Gasteiger partial charge in [-0.1, -0.05) is 0 Å². The van der Waals surface area contributed by atoms with Crippen molar-refractivity contribution in [1.29, 1.82) is 0 Å². The van der Waals surface area contributed by atoms with Crippen molar-refractivity contribution in [2.24, 2.45) is 12.8 Å². The third-order valence-electron chi connectivity index (χ3n) is 2.18. The highest BCUT2D eigenvalue weighted by molar-refractivity contribution is 9.10. The van der Waals surface area contributed by atoms with E-state index in [-0.39, 0.29) is 6.04 Å². The normalized spacial score (nSPS) is 13.0. The summed E-state index contributed by atoms with van der Waals surface area (Å²) in [4.78, 5) is 1.18. The van der Waals surface area contributed by atoms with Gasteiger partial charge in [-0.15, -0.1) is 11.3 Å². The summed E-state index contributed by atoms with van der Waals surface area (Å²) >= 11 is 5.17. The highest BCUT2D eigenvalue weighted by atomic mass is 79.9. The van der Waals surface area contributed by atoms with Crippen molar-refractivity contribution in [3.63, 3.8) is 0 Å². The average Bonchev–Trinajstić information content (AvgIpc) is 2.75. The molecule has 0 spiro atoms. The van der Waals surface area contributed by atoms with Crippen LogP contribution < -0.4 is 5.73 Å². The Morgan fingerprint density at radius 1 is 1.60 bits per heavy atom. The quantitative estimate of drug-likeness (QED) is 0.942. The summed E-state index contributed by atoms with van der Waals surface area (Å²) in [7, 11) is 1.91. The molecule has 1 atom stereocenters. The molecule has 2 aromatic rings. The van der Waals surface area contributed by atoms with E-state index in [9.17, 15) is 0 Å². The zero-order chi connectivity index (χ0) is 10.8. The van der Waals surface area contributed by atoms with Crippen molar-refractivity contribution in [3.8, 4) is 0 Å². The summed E-state index contributed by atoms with van der Waals surface area (Å²) in [6, 6.07) is 4.05. The molecule has 0 fully saturated rings. The first-order valence-electron chi connectivity index (χ1n) is 4.64. The number of hydrogen-bond acceptors (Lipinski definition) is 3. The summed E-state index contributed by atoms with van der Waals surface area (Å²) in [6.45, 7) is 0. The SMILES string of the molecule is Cn1ccc(CC(N)c2sccc2Br)n1. The van der Waals surface area contributed by atoms with Crippen LogP contribution in [0.15, 0.2) is 28.2 Å². The topological polar surface area (TPSA) is 43.8 Å². The van der Waals surface area contributed by atoms with Crippen LogP contribution in [0.25, 0.3) is 0 Å². The summed E-state index contributed by atoms with van der Waals surface area (Å²) in [5, 5.41) is 6.36. The Kier molecular flexibility index (Phi) is 3.23. The standard InChI is InChI=1S/C10H12BrN3S/c1-14-4-2-7(13-14)6-9(12)10-8(11)3-5-15-10/h2-5,9H,6,12H2,1H3. The summed E-state index contributed by atoms with van der Waals surface area (Å²) in [5.74, 6) is 0. The maximum Gasteiger partial charge on any atom is 0.0643 e. The summed E-state index contributed by atoms with van der Waals surface area (Å²) in [6.07, 6.45) is 2.71. The van der Waals surface area contributed by atoms with E-state index in [1.165, 1.54) is 4.88 Å². The van der Waals surface area contributed by atoms with Gasteiger partial charge in [0.25, 0.3) is 0 Å². The van der Waals surface area contributed by atoms with Crippen molar-refractivity contribution in [1.82, 2.24) is 9.78 Å². The predicted octanol–water partition coefficient (Wildman–Crippen LogP) is 2.49. The van der Waals surface area contributed by atoms with Crippen LogP contribution in [0.2, 0.25) is 0 Å². The molecule has 0 radical (unpaired) electrons. The first kappa shape index (κ1) is 10.9. The third-order valence-corrected chi connectivity index (χ3v) is 4.18. The molecule has 3 nitrogen and oxygen atoms in total. The fourth-order valence-electron chi connectivity index (χ4n) is 1.46. The van der Waals surface area contributed by atoms with E-state index in [2.05, 4.69) is 21.0 Å². The van der Waals surface area contributed by atoms with E-state index in [0.717, 1.165) is 16.6 Å². The minimum atomic E-state index is 0.0225. The van der Waals surface area contributed by atoms with Crippen molar-refractivity contribution >= 4 is 27.3 Å². The molecular weight excluding hydrogens is 274 g/mol. The van der Waals surface area contributed by atoms with Gasteiger partial charge in [0, 0.05) is 35.1 Å². The van der Waals surface area contributed by atoms with Crippen molar-refractivity contribution in [2.75, 3.05) is 0 Å². The zero-order valence-electron chi connectivity index (χ0n) is 8.35. The first-order chi connectivity index (χ1) is 7.16. The van der Waals surface area contributed by atoms with Crippen LogP contribution in [0.5, 0.6) is 0 Å². The van der Waals surface area contributed by atoms with Gasteiger partial charge >= 0.3 is 0 Å². The Hall–Kier alpha value is -0.650. The second-order valence-electron chi connectivity index (χ2n) is 3.42. The van der Waals surface area contributed by atoms with Crippen molar-refractivity contribution < 1.29 is 0 Å². The Morgan fingerprint density at radius 2 is 2.40 bits per heavy atom. The van der Waals surface area contributed by atoms with Crippen molar-refractivity contribution in [3.05, 3.63) is 38.8 Å². The van der Waals surface area contributed by atoms with Gasteiger partial charge in [0.2, 0.25) is 0 Å². The molecule has 2 aromatic heterocycles. The van der Waals surface area contributed by atoms with E-state index < -0.39 is 0 Å². The summed E-state index contributed by atoms with van der Waals surface area (Å²) in [5.41, 5.74) is 7.15. The molecule has 0 bridgehead atoms. The van der Waals surface area contributed by atoms with E-state index in [4.69, 9.17) is 5.73 Å². The number of halogens is 1.